The maximum atomic E-state index is 12.6. The van der Waals surface area contributed by atoms with Crippen LogP contribution >= 0.6 is 0 Å². The summed E-state index contributed by atoms with van der Waals surface area (Å²) in [7, 11) is 1.63. The van der Waals surface area contributed by atoms with Crippen molar-refractivity contribution in [2.45, 2.75) is 38.3 Å². The Morgan fingerprint density at radius 1 is 1.25 bits per heavy atom. The number of nitrogens with one attached hydrogen (secondary N) is 1. The van der Waals surface area contributed by atoms with Crippen LogP contribution in [-0.2, 0) is 11.3 Å². The van der Waals surface area contributed by atoms with Crippen molar-refractivity contribution in [2.75, 3.05) is 26.7 Å². The summed E-state index contributed by atoms with van der Waals surface area (Å²) < 4.78 is 5.37. The van der Waals surface area contributed by atoms with Crippen LogP contribution in [0.2, 0.25) is 0 Å². The maximum Gasteiger partial charge on any atom is 0.318 e. The first-order valence-corrected chi connectivity index (χ1v) is 8.63. The van der Waals surface area contributed by atoms with Crippen LogP contribution in [0, 0.1) is 0 Å². The highest BCUT2D eigenvalue weighted by molar-refractivity contribution is 5.84. The second kappa shape index (κ2) is 7.55. The number of carbonyl (C=O) groups excluding carboxylic acids is 2. The molecule has 2 fully saturated rings. The van der Waals surface area contributed by atoms with Crippen molar-refractivity contribution in [3.63, 3.8) is 0 Å². The van der Waals surface area contributed by atoms with E-state index in [-0.39, 0.29) is 24.5 Å². The van der Waals surface area contributed by atoms with Gasteiger partial charge in [0.2, 0.25) is 5.91 Å². The Morgan fingerprint density at radius 3 is 2.62 bits per heavy atom. The number of para-hydroxylation sites is 1. The van der Waals surface area contributed by atoms with E-state index in [1.807, 2.05) is 34.1 Å². The number of amides is 3. The molecule has 1 aliphatic carbocycles. The third kappa shape index (κ3) is 3.99. The summed E-state index contributed by atoms with van der Waals surface area (Å²) in [6.07, 6.45) is 4.15. The van der Waals surface area contributed by atoms with E-state index in [4.69, 9.17) is 4.74 Å². The van der Waals surface area contributed by atoms with E-state index in [0.717, 1.165) is 50.1 Å². The van der Waals surface area contributed by atoms with Crippen molar-refractivity contribution in [2.24, 2.45) is 0 Å². The Kier molecular flexibility index (Phi) is 5.23. The number of hydrogen-bond donors (Lipinski definition) is 1. The SMILES string of the molecule is COc1ccccc1CN(C(=O)NCC(=O)N1CCCC1)C1CC1. The first kappa shape index (κ1) is 16.6. The molecule has 6 nitrogen and oxygen atoms in total. The van der Waals surface area contributed by atoms with E-state index < -0.39 is 0 Å². The molecule has 1 heterocycles. The zero-order valence-corrected chi connectivity index (χ0v) is 14.2. The van der Waals surface area contributed by atoms with Crippen LogP contribution in [0.15, 0.2) is 24.3 Å². The predicted molar refractivity (Wildman–Crippen MR) is 90.8 cm³/mol. The average molecular weight is 331 g/mol. The minimum absolute atomic E-state index is 0.00823. The Bertz CT molecular complexity index is 595. The Hall–Kier alpha value is -2.24. The van der Waals surface area contributed by atoms with E-state index in [2.05, 4.69) is 5.32 Å². The molecule has 130 valence electrons. The van der Waals surface area contributed by atoms with E-state index in [9.17, 15) is 9.59 Å². The highest BCUT2D eigenvalue weighted by atomic mass is 16.5. The molecule has 0 unspecified atom stereocenters. The normalized spacial score (nSPS) is 16.8. The lowest BCUT2D eigenvalue weighted by molar-refractivity contribution is -0.129. The Labute approximate surface area is 142 Å². The number of nitrogens with zero attached hydrogens (tertiary/aromatic N) is 2. The van der Waals surface area contributed by atoms with Gasteiger partial charge in [-0.05, 0) is 31.7 Å². The molecule has 1 aromatic carbocycles. The number of methoxy groups -OCH3 is 1. The van der Waals surface area contributed by atoms with E-state index >= 15 is 0 Å². The van der Waals surface area contributed by atoms with Gasteiger partial charge < -0.3 is 19.9 Å². The van der Waals surface area contributed by atoms with Crippen LogP contribution in [0.25, 0.3) is 0 Å². The van der Waals surface area contributed by atoms with Gasteiger partial charge in [0.05, 0.1) is 20.2 Å². The maximum absolute atomic E-state index is 12.6. The standard InChI is InChI=1S/C18H25N3O3/c1-24-16-7-3-2-6-14(16)13-21(15-8-9-15)18(23)19-12-17(22)20-10-4-5-11-20/h2-3,6-7,15H,4-5,8-13H2,1H3,(H,19,23). The van der Waals surface area contributed by atoms with Gasteiger partial charge in [-0.3, -0.25) is 4.79 Å². The quantitative estimate of drug-likeness (QED) is 0.867. The van der Waals surface area contributed by atoms with Crippen LogP contribution in [0.4, 0.5) is 4.79 Å². The lowest BCUT2D eigenvalue weighted by atomic mass is 10.2. The van der Waals surface area contributed by atoms with Gasteiger partial charge in [0.15, 0.2) is 0 Å². The van der Waals surface area contributed by atoms with Crippen LogP contribution in [-0.4, -0.2) is 54.5 Å². The fraction of sp³-hybridized carbons (Fsp3) is 0.556. The molecule has 1 aliphatic heterocycles. The molecular formula is C18H25N3O3. The number of rotatable bonds is 6. The van der Waals surface area contributed by atoms with Gasteiger partial charge in [0.1, 0.15) is 5.75 Å². The summed E-state index contributed by atoms with van der Waals surface area (Å²) >= 11 is 0. The Balaban J connectivity index is 1.58. The minimum atomic E-state index is -0.170. The molecule has 2 aliphatic rings. The summed E-state index contributed by atoms with van der Waals surface area (Å²) in [4.78, 5) is 28.3. The Morgan fingerprint density at radius 2 is 1.96 bits per heavy atom. The molecule has 1 saturated heterocycles. The number of benzene rings is 1. The van der Waals surface area contributed by atoms with Gasteiger partial charge in [-0.25, -0.2) is 4.79 Å². The lowest BCUT2D eigenvalue weighted by Crippen LogP contribution is -2.45. The van der Waals surface area contributed by atoms with Crippen molar-refractivity contribution >= 4 is 11.9 Å². The lowest BCUT2D eigenvalue weighted by Gasteiger charge is -2.24. The second-order valence-corrected chi connectivity index (χ2v) is 6.42. The summed E-state index contributed by atoms with van der Waals surface area (Å²) in [5, 5.41) is 2.79. The first-order valence-electron chi connectivity index (χ1n) is 8.63. The molecule has 0 radical (unpaired) electrons. The number of carbonyl (C=O) groups is 2. The molecule has 0 aromatic heterocycles. The van der Waals surface area contributed by atoms with E-state index in [0.29, 0.717) is 6.54 Å². The molecule has 6 heteroatoms. The van der Waals surface area contributed by atoms with Crippen molar-refractivity contribution in [1.82, 2.24) is 15.1 Å². The van der Waals surface area contributed by atoms with Crippen molar-refractivity contribution in [3.05, 3.63) is 29.8 Å². The average Bonchev–Trinajstić information content (AvgIpc) is 3.30. The van der Waals surface area contributed by atoms with Crippen LogP contribution < -0.4 is 10.1 Å². The molecule has 1 N–H and O–H groups in total. The van der Waals surface area contributed by atoms with Gasteiger partial charge in [-0.1, -0.05) is 18.2 Å². The van der Waals surface area contributed by atoms with E-state index in [1.165, 1.54) is 0 Å². The molecule has 3 amide bonds. The smallest absolute Gasteiger partial charge is 0.318 e. The topological polar surface area (TPSA) is 61.9 Å². The second-order valence-electron chi connectivity index (χ2n) is 6.42. The highest BCUT2D eigenvalue weighted by Gasteiger charge is 2.33. The predicted octanol–water partition coefficient (Wildman–Crippen LogP) is 1.99. The van der Waals surface area contributed by atoms with E-state index in [1.54, 1.807) is 7.11 Å². The zero-order valence-electron chi connectivity index (χ0n) is 14.2. The van der Waals surface area contributed by atoms with Gasteiger partial charge in [0.25, 0.3) is 0 Å². The summed E-state index contributed by atoms with van der Waals surface area (Å²) in [5.41, 5.74) is 0.980. The monoisotopic (exact) mass is 331 g/mol. The van der Waals surface area contributed by atoms with Crippen molar-refractivity contribution < 1.29 is 14.3 Å². The number of urea groups is 1. The molecule has 24 heavy (non-hydrogen) atoms. The number of hydrogen-bond acceptors (Lipinski definition) is 3. The largest absolute Gasteiger partial charge is 0.496 e. The van der Waals surface area contributed by atoms with Gasteiger partial charge in [0, 0.05) is 24.7 Å². The number of ether oxygens (including phenoxy) is 1. The van der Waals surface area contributed by atoms with Gasteiger partial charge in [-0.15, -0.1) is 0 Å². The molecular weight excluding hydrogens is 306 g/mol. The van der Waals surface area contributed by atoms with Crippen LogP contribution in [0.1, 0.15) is 31.2 Å². The summed E-state index contributed by atoms with van der Waals surface area (Å²) in [6, 6.07) is 7.82. The van der Waals surface area contributed by atoms with Gasteiger partial charge >= 0.3 is 6.03 Å². The minimum Gasteiger partial charge on any atom is -0.496 e. The molecule has 0 bridgehead atoms. The first-order chi connectivity index (χ1) is 11.7. The summed E-state index contributed by atoms with van der Waals surface area (Å²) in [5.74, 6) is 0.790. The highest BCUT2D eigenvalue weighted by Crippen LogP contribution is 2.30. The van der Waals surface area contributed by atoms with Crippen molar-refractivity contribution in [1.29, 1.82) is 0 Å². The van der Waals surface area contributed by atoms with Crippen molar-refractivity contribution in [3.8, 4) is 5.75 Å². The molecule has 1 aromatic rings. The fourth-order valence-corrected chi connectivity index (χ4v) is 3.10. The van der Waals surface area contributed by atoms with Crippen LogP contribution in [0.5, 0.6) is 5.75 Å². The molecule has 3 rings (SSSR count). The third-order valence-corrected chi connectivity index (χ3v) is 4.63. The fourth-order valence-electron chi connectivity index (χ4n) is 3.10. The molecule has 0 spiro atoms. The molecule has 1 saturated carbocycles. The van der Waals surface area contributed by atoms with Gasteiger partial charge in [-0.2, -0.15) is 0 Å². The third-order valence-electron chi connectivity index (χ3n) is 4.63. The molecule has 0 atom stereocenters. The summed E-state index contributed by atoms with van der Waals surface area (Å²) in [6.45, 7) is 2.19. The number of likely N-dealkylation sites (tertiary alicyclic amines) is 1. The zero-order chi connectivity index (χ0) is 16.9. The van der Waals surface area contributed by atoms with Crippen LogP contribution in [0.3, 0.4) is 0 Å².